The van der Waals surface area contributed by atoms with Gasteiger partial charge < -0.3 is 20.7 Å². The highest BCUT2D eigenvalue weighted by molar-refractivity contribution is 6.33. The Morgan fingerprint density at radius 2 is 1.96 bits per heavy atom. The predicted octanol–water partition coefficient (Wildman–Crippen LogP) is 3.74. The molecular weight excluding hydrogens is 395 g/mol. The van der Waals surface area contributed by atoms with Crippen LogP contribution in [0.15, 0.2) is 12.1 Å². The first-order valence-electron chi connectivity index (χ1n) is 9.25. The van der Waals surface area contributed by atoms with Crippen molar-refractivity contribution in [1.82, 2.24) is 10.2 Å². The predicted molar refractivity (Wildman–Crippen MR) is 105 cm³/mol. The molecule has 0 saturated carbocycles. The summed E-state index contributed by atoms with van der Waals surface area (Å²) in [7, 11) is 4.00. The molecule has 28 heavy (non-hydrogen) atoms. The summed E-state index contributed by atoms with van der Waals surface area (Å²) in [4.78, 5) is 14.5. The van der Waals surface area contributed by atoms with Crippen LogP contribution >= 0.6 is 11.6 Å². The van der Waals surface area contributed by atoms with Gasteiger partial charge in [-0.25, -0.2) is 0 Å². The van der Waals surface area contributed by atoms with Crippen LogP contribution in [0.25, 0.3) is 0 Å². The lowest BCUT2D eigenvalue weighted by atomic mass is 10.0. The number of hydrogen-bond acceptors (Lipinski definition) is 4. The Morgan fingerprint density at radius 1 is 1.29 bits per heavy atom. The second-order valence-electron chi connectivity index (χ2n) is 6.84. The van der Waals surface area contributed by atoms with Gasteiger partial charge in [-0.05, 0) is 58.1 Å². The summed E-state index contributed by atoms with van der Waals surface area (Å²) in [6, 6.07) is 2.26. The third-order valence-electron chi connectivity index (χ3n) is 4.16. The number of carbonyl (C=O) groups is 1. The molecule has 0 fully saturated rings. The number of halogens is 4. The first-order chi connectivity index (χ1) is 13.1. The maximum absolute atomic E-state index is 13.1. The Balaban J connectivity index is 2.71. The molecule has 3 N–H and O–H groups in total. The third kappa shape index (κ3) is 8.24. The van der Waals surface area contributed by atoms with E-state index < -0.39 is 23.5 Å². The molecule has 0 unspecified atom stereocenters. The van der Waals surface area contributed by atoms with Crippen LogP contribution in [0.3, 0.4) is 0 Å². The molecule has 0 heterocycles. The molecule has 5 nitrogen and oxygen atoms in total. The van der Waals surface area contributed by atoms with Crippen LogP contribution < -0.4 is 11.1 Å². The highest BCUT2D eigenvalue weighted by Gasteiger charge is 2.34. The van der Waals surface area contributed by atoms with E-state index in [4.69, 9.17) is 22.1 Å². The minimum Gasteiger partial charge on any atom is -0.397 e. The summed E-state index contributed by atoms with van der Waals surface area (Å²) >= 11 is 5.85. The van der Waals surface area contributed by atoms with Crippen molar-refractivity contribution < 1.29 is 22.7 Å². The number of alkyl halides is 3. The van der Waals surface area contributed by atoms with Gasteiger partial charge >= 0.3 is 6.18 Å². The number of unbranched alkanes of at least 4 members (excludes halogenated alkanes) is 2. The molecule has 1 amide bonds. The third-order valence-corrected chi connectivity index (χ3v) is 4.47. The molecule has 1 atom stereocenters. The van der Waals surface area contributed by atoms with E-state index >= 15 is 0 Å². The minimum atomic E-state index is -4.63. The van der Waals surface area contributed by atoms with Gasteiger partial charge in [0.1, 0.15) is 6.10 Å². The minimum absolute atomic E-state index is 0.0244. The monoisotopic (exact) mass is 423 g/mol. The molecule has 1 aromatic rings. The van der Waals surface area contributed by atoms with Crippen LogP contribution in [0, 0.1) is 0 Å². The summed E-state index contributed by atoms with van der Waals surface area (Å²) in [5, 5.41) is 2.60. The van der Waals surface area contributed by atoms with Gasteiger partial charge in [-0.3, -0.25) is 4.79 Å². The van der Waals surface area contributed by atoms with Gasteiger partial charge in [0, 0.05) is 19.6 Å². The molecule has 0 aliphatic rings. The van der Waals surface area contributed by atoms with Gasteiger partial charge in [0.15, 0.2) is 0 Å². The molecule has 0 aromatic heterocycles. The Hall–Kier alpha value is -1.51. The molecule has 9 heteroatoms. The highest BCUT2D eigenvalue weighted by atomic mass is 35.5. The first kappa shape index (κ1) is 24.5. The zero-order chi connectivity index (χ0) is 21.3. The lowest BCUT2D eigenvalue weighted by molar-refractivity contribution is -0.137. The fourth-order valence-electron chi connectivity index (χ4n) is 2.72. The molecule has 1 aromatic carbocycles. The SMILES string of the molecule is CCO[C@H](Cc1cc(Cl)c(N)c(C(F)(F)F)c1)C(=O)NCCCCCN(C)C. The second-order valence-corrected chi connectivity index (χ2v) is 7.25. The fraction of sp³-hybridized carbons (Fsp3) is 0.632. The Bertz CT molecular complexity index is 640. The Kier molecular flexibility index (Phi) is 10.1. The van der Waals surface area contributed by atoms with Gasteiger partial charge in [0.25, 0.3) is 0 Å². The molecule has 160 valence electrons. The number of carbonyl (C=O) groups excluding carboxylic acids is 1. The smallest absolute Gasteiger partial charge is 0.397 e. The number of nitrogens with one attached hydrogen (secondary N) is 1. The molecule has 0 radical (unpaired) electrons. The molecule has 0 aliphatic heterocycles. The van der Waals surface area contributed by atoms with Gasteiger partial charge in [-0.15, -0.1) is 0 Å². The molecule has 1 rings (SSSR count). The number of benzene rings is 1. The van der Waals surface area contributed by atoms with Crippen LogP contribution in [-0.4, -0.2) is 50.7 Å². The van der Waals surface area contributed by atoms with E-state index in [0.717, 1.165) is 31.9 Å². The first-order valence-corrected chi connectivity index (χ1v) is 9.63. The Labute approximate surface area is 169 Å². The van der Waals surface area contributed by atoms with E-state index in [0.29, 0.717) is 6.54 Å². The summed E-state index contributed by atoms with van der Waals surface area (Å²) in [6.07, 6.45) is -2.72. The second kappa shape index (κ2) is 11.5. The average Bonchev–Trinajstić information content (AvgIpc) is 2.59. The van der Waals surface area contributed by atoms with Crippen molar-refractivity contribution in [3.05, 3.63) is 28.3 Å². The summed E-state index contributed by atoms with van der Waals surface area (Å²) in [6.45, 7) is 3.45. The number of amides is 1. The van der Waals surface area contributed by atoms with Crippen LogP contribution in [0.1, 0.15) is 37.3 Å². The normalized spacial score (nSPS) is 13.0. The van der Waals surface area contributed by atoms with Crippen LogP contribution in [0.5, 0.6) is 0 Å². The summed E-state index contributed by atoms with van der Waals surface area (Å²) < 4.78 is 44.8. The quantitative estimate of drug-likeness (QED) is 0.420. The van der Waals surface area contributed by atoms with Crippen molar-refractivity contribution in [3.8, 4) is 0 Å². The highest BCUT2D eigenvalue weighted by Crippen LogP contribution is 2.38. The maximum atomic E-state index is 13.1. The molecular formula is C19H29ClF3N3O2. The van der Waals surface area contributed by atoms with Crippen molar-refractivity contribution >= 4 is 23.2 Å². The number of anilines is 1. The maximum Gasteiger partial charge on any atom is 0.418 e. The van der Waals surface area contributed by atoms with Crippen LogP contribution in [-0.2, 0) is 22.1 Å². The number of nitrogens with two attached hydrogens (primary N) is 1. The number of nitrogen functional groups attached to an aromatic ring is 1. The zero-order valence-corrected chi connectivity index (χ0v) is 17.3. The van der Waals surface area contributed by atoms with E-state index in [9.17, 15) is 18.0 Å². The number of hydrogen-bond donors (Lipinski definition) is 2. The largest absolute Gasteiger partial charge is 0.418 e. The van der Waals surface area contributed by atoms with Crippen LogP contribution in [0.2, 0.25) is 5.02 Å². The van der Waals surface area contributed by atoms with Crippen molar-refractivity contribution in [1.29, 1.82) is 0 Å². The topological polar surface area (TPSA) is 67.6 Å². The zero-order valence-electron chi connectivity index (χ0n) is 16.5. The van der Waals surface area contributed by atoms with E-state index in [2.05, 4.69) is 10.2 Å². The van der Waals surface area contributed by atoms with Crippen molar-refractivity contribution in [2.24, 2.45) is 0 Å². The van der Waals surface area contributed by atoms with Gasteiger partial charge in [0.2, 0.25) is 5.91 Å². The molecule has 0 saturated heterocycles. The summed E-state index contributed by atoms with van der Waals surface area (Å²) in [5.74, 6) is -0.351. The van der Waals surface area contributed by atoms with Crippen molar-refractivity contribution in [3.63, 3.8) is 0 Å². The number of nitrogens with zero attached hydrogens (tertiary/aromatic N) is 1. The fourth-order valence-corrected chi connectivity index (χ4v) is 2.97. The van der Waals surface area contributed by atoms with Gasteiger partial charge in [-0.2, -0.15) is 13.2 Å². The molecule has 0 aliphatic carbocycles. The molecule has 0 spiro atoms. The Morgan fingerprint density at radius 3 is 2.54 bits per heavy atom. The van der Waals surface area contributed by atoms with E-state index in [-0.39, 0.29) is 29.5 Å². The lowest BCUT2D eigenvalue weighted by Crippen LogP contribution is -2.38. The van der Waals surface area contributed by atoms with Crippen LogP contribution in [0.4, 0.5) is 18.9 Å². The van der Waals surface area contributed by atoms with Crippen molar-refractivity contribution in [2.75, 3.05) is 39.5 Å². The van der Waals surface area contributed by atoms with Gasteiger partial charge in [-0.1, -0.05) is 18.0 Å². The average molecular weight is 424 g/mol. The van der Waals surface area contributed by atoms with Crippen molar-refractivity contribution in [2.45, 2.75) is 44.9 Å². The number of ether oxygens (including phenoxy) is 1. The number of rotatable bonds is 11. The molecule has 0 bridgehead atoms. The lowest BCUT2D eigenvalue weighted by Gasteiger charge is -2.19. The standard InChI is InChI=1S/C19H29ClF3N3O2/c1-4-28-16(18(27)25-8-6-5-7-9-26(2)3)12-13-10-14(19(21,22)23)17(24)15(20)11-13/h10-11,16H,4-9,12,24H2,1-3H3,(H,25,27)/t16-/m1/s1. The van der Waals surface area contributed by atoms with E-state index in [1.165, 1.54) is 6.07 Å². The van der Waals surface area contributed by atoms with E-state index in [1.807, 2.05) is 14.1 Å². The summed E-state index contributed by atoms with van der Waals surface area (Å²) in [5.41, 5.74) is 4.16. The van der Waals surface area contributed by atoms with Gasteiger partial charge in [0.05, 0.1) is 16.3 Å². The van der Waals surface area contributed by atoms with E-state index in [1.54, 1.807) is 6.92 Å².